The van der Waals surface area contributed by atoms with Crippen molar-refractivity contribution >= 4 is 16.3 Å². The maximum atomic E-state index is 10.4. The number of thiophene rings is 1. The van der Waals surface area contributed by atoms with Crippen molar-refractivity contribution in [3.8, 4) is 0 Å². The van der Waals surface area contributed by atoms with Gasteiger partial charge in [0, 0.05) is 23.3 Å². The molecule has 0 unspecified atom stereocenters. The minimum atomic E-state index is -0.371. The van der Waals surface area contributed by atoms with Crippen LogP contribution in [0.4, 0.5) is 5.00 Å². The van der Waals surface area contributed by atoms with Crippen LogP contribution in [0.15, 0.2) is 36.7 Å². The van der Waals surface area contributed by atoms with Gasteiger partial charge in [0.2, 0.25) is 0 Å². The molecule has 1 N–H and O–H groups in total. The van der Waals surface area contributed by atoms with Crippen LogP contribution in [0.2, 0.25) is 0 Å². The normalized spacial score (nSPS) is 10.1. The van der Waals surface area contributed by atoms with E-state index in [4.69, 9.17) is 0 Å². The van der Waals surface area contributed by atoms with Crippen molar-refractivity contribution in [1.29, 1.82) is 0 Å². The van der Waals surface area contributed by atoms with Gasteiger partial charge in [-0.05, 0) is 18.2 Å². The van der Waals surface area contributed by atoms with Crippen LogP contribution in [0, 0.1) is 10.1 Å². The van der Waals surface area contributed by atoms with Crippen LogP contribution in [0.25, 0.3) is 0 Å². The Labute approximate surface area is 90.1 Å². The summed E-state index contributed by atoms with van der Waals surface area (Å²) in [5.41, 5.74) is 3.10. The molecule has 2 heterocycles. The maximum Gasteiger partial charge on any atom is 0.324 e. The first-order valence-electron chi connectivity index (χ1n) is 4.35. The quantitative estimate of drug-likeness (QED) is 0.638. The van der Waals surface area contributed by atoms with Gasteiger partial charge in [-0.1, -0.05) is 11.3 Å². The Kier molecular flexibility index (Phi) is 2.68. The van der Waals surface area contributed by atoms with Gasteiger partial charge in [-0.15, -0.1) is 0 Å². The molecule has 0 saturated heterocycles. The Morgan fingerprint density at radius 3 is 2.73 bits per heavy atom. The molecule has 0 saturated carbocycles. The molecule has 0 aliphatic carbocycles. The molecule has 15 heavy (non-hydrogen) atoms. The fraction of sp³-hybridized carbons (Fsp3) is 0.111. The van der Waals surface area contributed by atoms with E-state index in [1.54, 1.807) is 6.07 Å². The molecule has 0 fully saturated rings. The van der Waals surface area contributed by atoms with Crippen LogP contribution in [0.3, 0.4) is 0 Å². The van der Waals surface area contributed by atoms with Crippen molar-refractivity contribution < 1.29 is 4.92 Å². The lowest BCUT2D eigenvalue weighted by Gasteiger charge is -2.04. The highest BCUT2D eigenvalue weighted by Crippen LogP contribution is 2.23. The predicted molar refractivity (Wildman–Crippen MR) is 58.5 cm³/mol. The largest absolute Gasteiger partial charge is 0.324 e. The van der Waals surface area contributed by atoms with E-state index in [2.05, 4.69) is 5.43 Å². The first-order valence-corrected chi connectivity index (χ1v) is 5.17. The number of hydrogen-bond donors (Lipinski definition) is 1. The van der Waals surface area contributed by atoms with E-state index in [9.17, 15) is 10.1 Å². The summed E-state index contributed by atoms with van der Waals surface area (Å²) in [7, 11) is 0. The molecule has 0 radical (unpaired) electrons. The molecule has 0 aliphatic rings. The number of aromatic nitrogens is 1. The number of nitrogens with one attached hydrogen (secondary N) is 1. The van der Waals surface area contributed by atoms with Gasteiger partial charge in [0.25, 0.3) is 0 Å². The van der Waals surface area contributed by atoms with Crippen LogP contribution < -0.4 is 5.43 Å². The highest BCUT2D eigenvalue weighted by atomic mass is 32.1. The van der Waals surface area contributed by atoms with Crippen LogP contribution in [0.1, 0.15) is 4.88 Å². The first-order chi connectivity index (χ1) is 7.25. The second-order valence-corrected chi connectivity index (χ2v) is 4.07. The van der Waals surface area contributed by atoms with E-state index < -0.39 is 0 Å². The van der Waals surface area contributed by atoms with E-state index in [1.807, 2.05) is 29.2 Å². The van der Waals surface area contributed by atoms with E-state index in [1.165, 1.54) is 17.4 Å². The zero-order valence-corrected chi connectivity index (χ0v) is 8.61. The number of nitro groups is 1. The van der Waals surface area contributed by atoms with Gasteiger partial charge in [-0.3, -0.25) is 14.8 Å². The molecule has 0 amide bonds. The lowest BCUT2D eigenvalue weighted by molar-refractivity contribution is -0.380. The van der Waals surface area contributed by atoms with Crippen LogP contribution in [0.5, 0.6) is 0 Å². The van der Waals surface area contributed by atoms with E-state index in [-0.39, 0.29) is 9.92 Å². The number of hydrogen-bond acceptors (Lipinski definition) is 4. The molecule has 5 nitrogen and oxygen atoms in total. The summed E-state index contributed by atoms with van der Waals surface area (Å²) in [6.07, 6.45) is 3.75. The lowest BCUT2D eigenvalue weighted by Crippen LogP contribution is -2.10. The SMILES string of the molecule is O=[N+]([O-])c1ccc(CNn2cccc2)s1. The molecule has 2 aromatic heterocycles. The fourth-order valence-electron chi connectivity index (χ4n) is 1.17. The molecule has 0 bridgehead atoms. The summed E-state index contributed by atoms with van der Waals surface area (Å²) in [6.45, 7) is 0.590. The average Bonchev–Trinajstić information content (AvgIpc) is 2.86. The minimum absolute atomic E-state index is 0.180. The molecule has 0 aromatic carbocycles. The van der Waals surface area contributed by atoms with Crippen molar-refractivity contribution in [1.82, 2.24) is 4.68 Å². The van der Waals surface area contributed by atoms with Gasteiger partial charge in [-0.2, -0.15) is 0 Å². The summed E-state index contributed by atoms with van der Waals surface area (Å²) in [6, 6.07) is 7.10. The summed E-state index contributed by atoms with van der Waals surface area (Å²) >= 11 is 1.19. The van der Waals surface area contributed by atoms with Gasteiger partial charge in [0.1, 0.15) is 0 Å². The van der Waals surface area contributed by atoms with Crippen molar-refractivity contribution in [2.45, 2.75) is 6.54 Å². The molecule has 2 aromatic rings. The van der Waals surface area contributed by atoms with Gasteiger partial charge in [0.15, 0.2) is 0 Å². The van der Waals surface area contributed by atoms with Crippen molar-refractivity contribution in [3.63, 3.8) is 0 Å². The third-order valence-corrected chi connectivity index (χ3v) is 2.90. The van der Waals surface area contributed by atoms with Crippen molar-refractivity contribution in [2.24, 2.45) is 0 Å². The predicted octanol–water partition coefficient (Wildman–Crippen LogP) is 2.20. The van der Waals surface area contributed by atoms with Crippen LogP contribution >= 0.6 is 11.3 Å². The summed E-state index contributed by atoms with van der Waals surface area (Å²) < 4.78 is 1.81. The Balaban J connectivity index is 1.96. The summed E-state index contributed by atoms with van der Waals surface area (Å²) in [5.74, 6) is 0. The lowest BCUT2D eigenvalue weighted by atomic mass is 10.5. The van der Waals surface area contributed by atoms with E-state index >= 15 is 0 Å². The Morgan fingerprint density at radius 1 is 1.40 bits per heavy atom. The first kappa shape index (κ1) is 9.72. The summed E-state index contributed by atoms with van der Waals surface area (Å²) in [4.78, 5) is 11.0. The zero-order chi connectivity index (χ0) is 10.7. The number of rotatable bonds is 4. The maximum absolute atomic E-state index is 10.4. The highest BCUT2D eigenvalue weighted by Gasteiger charge is 2.08. The topological polar surface area (TPSA) is 60.1 Å². The standard InChI is InChI=1S/C9H9N3O2S/c13-12(14)9-4-3-8(15-9)7-10-11-5-1-2-6-11/h1-6,10H,7H2. The molecule has 78 valence electrons. The second kappa shape index (κ2) is 4.14. The van der Waals surface area contributed by atoms with E-state index in [0.29, 0.717) is 6.54 Å². The van der Waals surface area contributed by atoms with Crippen LogP contribution in [-0.2, 0) is 6.54 Å². The van der Waals surface area contributed by atoms with Gasteiger partial charge in [0.05, 0.1) is 11.5 Å². The smallest absolute Gasteiger partial charge is 0.321 e. The molecular weight excluding hydrogens is 214 g/mol. The zero-order valence-electron chi connectivity index (χ0n) is 7.79. The second-order valence-electron chi connectivity index (χ2n) is 2.92. The molecule has 0 aliphatic heterocycles. The Morgan fingerprint density at radius 2 is 2.13 bits per heavy atom. The number of nitrogens with zero attached hydrogens (tertiary/aromatic N) is 2. The van der Waals surface area contributed by atoms with Crippen molar-refractivity contribution in [3.05, 3.63) is 51.7 Å². The molecule has 6 heteroatoms. The molecule has 0 spiro atoms. The third kappa shape index (κ3) is 2.35. The fourth-order valence-corrected chi connectivity index (χ4v) is 1.92. The van der Waals surface area contributed by atoms with Crippen molar-refractivity contribution in [2.75, 3.05) is 5.43 Å². The van der Waals surface area contributed by atoms with Crippen LogP contribution in [-0.4, -0.2) is 9.60 Å². The van der Waals surface area contributed by atoms with Gasteiger partial charge >= 0.3 is 5.00 Å². The molecule has 2 rings (SSSR count). The highest BCUT2D eigenvalue weighted by molar-refractivity contribution is 7.15. The molecule has 0 atom stereocenters. The third-order valence-electron chi connectivity index (χ3n) is 1.87. The average molecular weight is 223 g/mol. The Hall–Kier alpha value is -1.82. The Bertz CT molecular complexity index is 450. The van der Waals surface area contributed by atoms with Gasteiger partial charge < -0.3 is 5.43 Å². The minimum Gasteiger partial charge on any atom is -0.321 e. The van der Waals surface area contributed by atoms with E-state index in [0.717, 1.165) is 4.88 Å². The van der Waals surface area contributed by atoms with Gasteiger partial charge in [-0.25, -0.2) is 0 Å². The molecular formula is C9H9N3O2S. The summed E-state index contributed by atoms with van der Waals surface area (Å²) in [5, 5.41) is 10.6. The monoisotopic (exact) mass is 223 g/mol.